The molecule has 0 saturated heterocycles. The first-order valence-corrected chi connectivity index (χ1v) is 6.33. The van der Waals surface area contributed by atoms with E-state index < -0.39 is 5.60 Å². The van der Waals surface area contributed by atoms with E-state index in [9.17, 15) is 5.11 Å². The molecule has 0 aliphatic heterocycles. The van der Waals surface area contributed by atoms with E-state index in [1.165, 1.54) is 0 Å². The second-order valence-corrected chi connectivity index (χ2v) is 5.23. The second kappa shape index (κ2) is 6.16. The highest BCUT2D eigenvalue weighted by Gasteiger charge is 2.26. The third-order valence-corrected chi connectivity index (χ3v) is 3.18. The normalized spacial score (nSPS) is 14.6. The number of hydrogen-bond acceptors (Lipinski definition) is 4. The zero-order chi connectivity index (χ0) is 13.8. The third kappa shape index (κ3) is 3.96. The molecule has 0 radical (unpaired) electrons. The van der Waals surface area contributed by atoms with Crippen molar-refractivity contribution in [2.45, 2.75) is 39.8 Å². The molecule has 0 amide bonds. The standard InChI is InChI=1S/C14H24N2O2/c1-10(2)14(4,17)9-18-13-7-6-11(3)16-12(13)8-15-5/h6-7,10,15,17H,8-9H2,1-5H3. The molecular weight excluding hydrogens is 228 g/mol. The topological polar surface area (TPSA) is 54.4 Å². The Balaban J connectivity index is 2.78. The largest absolute Gasteiger partial charge is 0.489 e. The van der Waals surface area contributed by atoms with Crippen molar-refractivity contribution in [2.24, 2.45) is 5.92 Å². The molecule has 2 N–H and O–H groups in total. The summed E-state index contributed by atoms with van der Waals surface area (Å²) >= 11 is 0. The predicted octanol–water partition coefficient (Wildman–Crippen LogP) is 1.90. The van der Waals surface area contributed by atoms with Gasteiger partial charge < -0.3 is 15.2 Å². The highest BCUT2D eigenvalue weighted by molar-refractivity contribution is 5.29. The van der Waals surface area contributed by atoms with Crippen LogP contribution < -0.4 is 10.1 Å². The number of ether oxygens (including phenoxy) is 1. The smallest absolute Gasteiger partial charge is 0.142 e. The molecule has 18 heavy (non-hydrogen) atoms. The van der Waals surface area contributed by atoms with E-state index in [1.807, 2.05) is 40.0 Å². The Kier molecular flexibility index (Phi) is 5.11. The molecule has 4 nitrogen and oxygen atoms in total. The molecule has 1 heterocycles. The van der Waals surface area contributed by atoms with Crippen LogP contribution in [0.15, 0.2) is 12.1 Å². The summed E-state index contributed by atoms with van der Waals surface area (Å²) in [6, 6.07) is 3.82. The highest BCUT2D eigenvalue weighted by atomic mass is 16.5. The Labute approximate surface area is 109 Å². The summed E-state index contributed by atoms with van der Waals surface area (Å²) in [5, 5.41) is 13.2. The van der Waals surface area contributed by atoms with Gasteiger partial charge in [-0.2, -0.15) is 0 Å². The molecule has 0 aliphatic rings. The summed E-state index contributed by atoms with van der Waals surface area (Å²) in [6.07, 6.45) is 0. The van der Waals surface area contributed by atoms with Crippen molar-refractivity contribution in [1.29, 1.82) is 0 Å². The molecule has 1 aromatic heterocycles. The Morgan fingerprint density at radius 3 is 2.67 bits per heavy atom. The van der Waals surface area contributed by atoms with Gasteiger partial charge in [-0.15, -0.1) is 0 Å². The van der Waals surface area contributed by atoms with Gasteiger partial charge in [-0.05, 0) is 38.9 Å². The second-order valence-electron chi connectivity index (χ2n) is 5.23. The summed E-state index contributed by atoms with van der Waals surface area (Å²) in [6.45, 7) is 8.62. The number of rotatable bonds is 6. The molecule has 1 aromatic rings. The van der Waals surface area contributed by atoms with Crippen LogP contribution in [0.4, 0.5) is 0 Å². The Hall–Kier alpha value is -1.13. The zero-order valence-electron chi connectivity index (χ0n) is 11.9. The Morgan fingerprint density at radius 1 is 1.44 bits per heavy atom. The summed E-state index contributed by atoms with van der Waals surface area (Å²) < 4.78 is 5.72. The van der Waals surface area contributed by atoms with Crippen LogP contribution in [0.2, 0.25) is 0 Å². The fraction of sp³-hybridized carbons (Fsp3) is 0.643. The van der Waals surface area contributed by atoms with E-state index in [0.29, 0.717) is 6.54 Å². The number of nitrogens with zero attached hydrogens (tertiary/aromatic N) is 1. The van der Waals surface area contributed by atoms with Crippen LogP contribution in [0, 0.1) is 12.8 Å². The lowest BCUT2D eigenvalue weighted by molar-refractivity contribution is -0.0269. The summed E-state index contributed by atoms with van der Waals surface area (Å²) in [5.41, 5.74) is 1.00. The van der Waals surface area contributed by atoms with Crippen LogP contribution >= 0.6 is 0 Å². The van der Waals surface area contributed by atoms with Gasteiger partial charge >= 0.3 is 0 Å². The van der Waals surface area contributed by atoms with E-state index in [0.717, 1.165) is 17.1 Å². The van der Waals surface area contributed by atoms with Gasteiger partial charge in [0.15, 0.2) is 0 Å². The predicted molar refractivity (Wildman–Crippen MR) is 72.7 cm³/mol. The van der Waals surface area contributed by atoms with Crippen LogP contribution in [0.1, 0.15) is 32.2 Å². The van der Waals surface area contributed by atoms with Crippen molar-refractivity contribution in [3.8, 4) is 5.75 Å². The van der Waals surface area contributed by atoms with Crippen molar-refractivity contribution in [3.05, 3.63) is 23.5 Å². The monoisotopic (exact) mass is 252 g/mol. The van der Waals surface area contributed by atoms with Crippen LogP contribution in [-0.2, 0) is 6.54 Å². The molecule has 1 rings (SSSR count). The molecule has 0 spiro atoms. The van der Waals surface area contributed by atoms with Gasteiger partial charge in [-0.3, -0.25) is 4.98 Å². The van der Waals surface area contributed by atoms with Gasteiger partial charge in [-0.1, -0.05) is 13.8 Å². The summed E-state index contributed by atoms with van der Waals surface area (Å²) in [7, 11) is 1.87. The first-order chi connectivity index (χ1) is 8.36. The number of hydrogen-bond donors (Lipinski definition) is 2. The fourth-order valence-corrected chi connectivity index (χ4v) is 1.41. The minimum Gasteiger partial charge on any atom is -0.489 e. The fourth-order valence-electron chi connectivity index (χ4n) is 1.41. The van der Waals surface area contributed by atoms with Gasteiger partial charge in [0.25, 0.3) is 0 Å². The van der Waals surface area contributed by atoms with Gasteiger partial charge in [-0.25, -0.2) is 0 Å². The summed E-state index contributed by atoms with van der Waals surface area (Å²) in [4.78, 5) is 4.44. The molecule has 0 aliphatic carbocycles. The lowest BCUT2D eigenvalue weighted by Gasteiger charge is -2.27. The first-order valence-electron chi connectivity index (χ1n) is 6.33. The van der Waals surface area contributed by atoms with Crippen molar-refractivity contribution >= 4 is 0 Å². The molecule has 0 bridgehead atoms. The quantitative estimate of drug-likeness (QED) is 0.812. The van der Waals surface area contributed by atoms with E-state index in [1.54, 1.807) is 6.92 Å². The Bertz CT molecular complexity index is 389. The minimum absolute atomic E-state index is 0.142. The number of aryl methyl sites for hydroxylation is 1. The van der Waals surface area contributed by atoms with Crippen molar-refractivity contribution < 1.29 is 9.84 Å². The van der Waals surface area contributed by atoms with Crippen molar-refractivity contribution in [2.75, 3.05) is 13.7 Å². The van der Waals surface area contributed by atoms with Gasteiger partial charge in [0.1, 0.15) is 12.4 Å². The lowest BCUT2D eigenvalue weighted by atomic mass is 9.94. The van der Waals surface area contributed by atoms with Gasteiger partial charge in [0.2, 0.25) is 0 Å². The maximum atomic E-state index is 10.2. The number of aliphatic hydroxyl groups is 1. The van der Waals surface area contributed by atoms with Crippen molar-refractivity contribution in [3.63, 3.8) is 0 Å². The van der Waals surface area contributed by atoms with Crippen LogP contribution in [-0.4, -0.2) is 29.3 Å². The maximum Gasteiger partial charge on any atom is 0.142 e. The van der Waals surface area contributed by atoms with Crippen molar-refractivity contribution in [1.82, 2.24) is 10.3 Å². The van der Waals surface area contributed by atoms with Gasteiger partial charge in [0.05, 0.1) is 11.3 Å². The van der Waals surface area contributed by atoms with E-state index in [-0.39, 0.29) is 12.5 Å². The average Bonchev–Trinajstić information content (AvgIpc) is 2.28. The minimum atomic E-state index is -0.832. The number of aromatic nitrogens is 1. The lowest BCUT2D eigenvalue weighted by Crippen LogP contribution is -2.38. The van der Waals surface area contributed by atoms with Crippen LogP contribution in [0.3, 0.4) is 0 Å². The van der Waals surface area contributed by atoms with Crippen LogP contribution in [0.5, 0.6) is 5.75 Å². The molecule has 1 atom stereocenters. The van der Waals surface area contributed by atoms with Gasteiger partial charge in [0, 0.05) is 12.2 Å². The molecule has 0 saturated carbocycles. The summed E-state index contributed by atoms with van der Waals surface area (Å²) in [5.74, 6) is 0.875. The molecule has 102 valence electrons. The zero-order valence-corrected chi connectivity index (χ0v) is 11.9. The molecular formula is C14H24N2O2. The average molecular weight is 252 g/mol. The molecule has 4 heteroatoms. The molecule has 1 unspecified atom stereocenters. The highest BCUT2D eigenvalue weighted by Crippen LogP contribution is 2.21. The van der Waals surface area contributed by atoms with E-state index >= 15 is 0 Å². The first kappa shape index (κ1) is 14.9. The maximum absolute atomic E-state index is 10.2. The van der Waals surface area contributed by atoms with Crippen LogP contribution in [0.25, 0.3) is 0 Å². The number of nitrogens with one attached hydrogen (secondary N) is 1. The molecule has 0 aromatic carbocycles. The number of pyridine rings is 1. The SMILES string of the molecule is CNCc1nc(C)ccc1OCC(C)(O)C(C)C. The third-order valence-electron chi connectivity index (χ3n) is 3.18. The Morgan fingerprint density at radius 2 is 2.11 bits per heavy atom. The molecule has 0 fully saturated rings. The van der Waals surface area contributed by atoms with E-state index in [2.05, 4.69) is 10.3 Å². The van der Waals surface area contributed by atoms with E-state index in [4.69, 9.17) is 4.74 Å².